The van der Waals surface area contributed by atoms with Crippen molar-refractivity contribution in [3.63, 3.8) is 0 Å². The summed E-state index contributed by atoms with van der Waals surface area (Å²) in [5.74, 6) is 0. The quantitative estimate of drug-likeness (QED) is 0.666. The highest BCUT2D eigenvalue weighted by Crippen LogP contribution is 2.37. The van der Waals surface area contributed by atoms with Gasteiger partial charge >= 0.3 is 12.4 Å². The average molecular weight is 476 g/mol. The maximum atomic E-state index is 13.0. The average Bonchev–Trinajstić information content (AvgIpc) is 2.59. The van der Waals surface area contributed by atoms with Gasteiger partial charge in [-0.25, -0.2) is 21.1 Å². The largest absolute Gasteiger partial charge is 0.416 e. The van der Waals surface area contributed by atoms with Crippen LogP contribution >= 0.6 is 0 Å². The van der Waals surface area contributed by atoms with Gasteiger partial charge in [0.2, 0.25) is 10.0 Å². The van der Waals surface area contributed by atoms with E-state index >= 15 is 0 Å². The highest BCUT2D eigenvalue weighted by molar-refractivity contribution is 7.92. The molecule has 0 saturated carbocycles. The molecule has 0 radical (unpaired) electrons. The maximum Gasteiger partial charge on any atom is 0.416 e. The van der Waals surface area contributed by atoms with Crippen molar-refractivity contribution in [1.29, 1.82) is 0 Å². The molecule has 0 aliphatic heterocycles. The minimum atomic E-state index is -5.23. The van der Waals surface area contributed by atoms with Crippen molar-refractivity contribution >= 4 is 25.7 Å². The molecular weight excluding hydrogens is 462 g/mol. The van der Waals surface area contributed by atoms with Gasteiger partial charge in [-0.2, -0.15) is 26.3 Å². The number of hydrogen-bond acceptors (Lipinski definition) is 4. The van der Waals surface area contributed by atoms with Gasteiger partial charge in [0.05, 0.1) is 26.6 Å². The SMILES string of the molecule is CN(C)S(=O)(=O)c1cccc(NS(=O)(=O)c2cc(C(F)(F)F)cc(C(F)(F)F)c2)c1. The van der Waals surface area contributed by atoms with Gasteiger partial charge in [0.25, 0.3) is 10.0 Å². The van der Waals surface area contributed by atoms with Gasteiger partial charge in [-0.3, -0.25) is 4.72 Å². The minimum absolute atomic E-state index is 0.0536. The molecule has 0 bridgehead atoms. The van der Waals surface area contributed by atoms with E-state index in [2.05, 4.69) is 0 Å². The van der Waals surface area contributed by atoms with E-state index in [-0.39, 0.29) is 28.8 Å². The van der Waals surface area contributed by atoms with E-state index in [4.69, 9.17) is 0 Å². The Labute approximate surface area is 168 Å². The molecule has 2 rings (SSSR count). The van der Waals surface area contributed by atoms with E-state index in [0.717, 1.165) is 28.6 Å². The number of alkyl halides is 6. The Morgan fingerprint density at radius 2 is 1.27 bits per heavy atom. The molecule has 166 valence electrons. The summed E-state index contributed by atoms with van der Waals surface area (Å²) in [6, 6.07) is 4.16. The van der Waals surface area contributed by atoms with E-state index in [1.807, 2.05) is 0 Å². The van der Waals surface area contributed by atoms with Crippen LogP contribution in [-0.2, 0) is 32.4 Å². The van der Waals surface area contributed by atoms with Crippen LogP contribution < -0.4 is 4.72 Å². The van der Waals surface area contributed by atoms with Gasteiger partial charge in [-0.05, 0) is 36.4 Å². The van der Waals surface area contributed by atoms with Crippen molar-refractivity contribution < 1.29 is 43.2 Å². The zero-order valence-corrected chi connectivity index (χ0v) is 16.8. The van der Waals surface area contributed by atoms with Crippen LogP contribution in [0, 0.1) is 0 Å². The Balaban J connectivity index is 2.56. The van der Waals surface area contributed by atoms with E-state index in [1.165, 1.54) is 14.1 Å². The predicted molar refractivity (Wildman–Crippen MR) is 94.6 cm³/mol. The van der Waals surface area contributed by atoms with E-state index < -0.39 is 48.4 Å². The number of nitrogens with one attached hydrogen (secondary N) is 1. The zero-order valence-electron chi connectivity index (χ0n) is 15.2. The van der Waals surface area contributed by atoms with Crippen LogP contribution in [0.4, 0.5) is 32.0 Å². The first kappa shape index (κ1) is 24.0. The smallest absolute Gasteiger partial charge is 0.280 e. The van der Waals surface area contributed by atoms with E-state index in [1.54, 1.807) is 4.72 Å². The van der Waals surface area contributed by atoms with Crippen molar-refractivity contribution in [3.05, 3.63) is 53.6 Å². The van der Waals surface area contributed by atoms with Crippen LogP contribution in [0.3, 0.4) is 0 Å². The molecule has 2 aromatic rings. The van der Waals surface area contributed by atoms with Gasteiger partial charge in [0, 0.05) is 14.1 Å². The van der Waals surface area contributed by atoms with Crippen LogP contribution in [0.5, 0.6) is 0 Å². The lowest BCUT2D eigenvalue weighted by atomic mass is 10.1. The topological polar surface area (TPSA) is 83.6 Å². The van der Waals surface area contributed by atoms with Gasteiger partial charge < -0.3 is 0 Å². The molecule has 1 N–H and O–H groups in total. The standard InChI is InChI=1S/C16H14F6N2O4S2/c1-24(2)30(27,28)13-5-3-4-12(9-13)23-29(25,26)14-7-10(15(17,18)19)6-11(8-14)16(20,21)22/h3-9,23H,1-2H3. The first-order valence-corrected chi connectivity index (χ1v) is 10.7. The third-order valence-corrected chi connectivity index (χ3v) is 6.91. The van der Waals surface area contributed by atoms with Crippen molar-refractivity contribution in [2.45, 2.75) is 22.1 Å². The lowest BCUT2D eigenvalue weighted by Gasteiger charge is -2.16. The fourth-order valence-electron chi connectivity index (χ4n) is 2.23. The molecule has 0 atom stereocenters. The Bertz CT molecular complexity index is 1120. The summed E-state index contributed by atoms with van der Waals surface area (Å²) < 4.78 is 130. The summed E-state index contributed by atoms with van der Waals surface area (Å²) in [7, 11) is -6.46. The predicted octanol–water partition coefficient (Wildman–Crippen LogP) is 3.78. The molecule has 0 fully saturated rings. The molecular formula is C16H14F6N2O4S2. The summed E-state index contributed by atoms with van der Waals surface area (Å²) in [5, 5.41) is 0. The van der Waals surface area contributed by atoms with Gasteiger partial charge in [-0.1, -0.05) is 6.07 Å². The zero-order chi connectivity index (χ0) is 23.1. The third-order valence-electron chi connectivity index (χ3n) is 3.74. The van der Waals surface area contributed by atoms with Crippen LogP contribution in [0.25, 0.3) is 0 Å². The Morgan fingerprint density at radius 1 is 0.767 bits per heavy atom. The molecule has 0 aliphatic carbocycles. The molecule has 14 heteroatoms. The third kappa shape index (κ3) is 5.23. The Kier molecular flexibility index (Phi) is 6.18. The first-order valence-electron chi connectivity index (χ1n) is 7.79. The normalized spacial score (nSPS) is 13.5. The van der Waals surface area contributed by atoms with Crippen LogP contribution in [0.2, 0.25) is 0 Å². The lowest BCUT2D eigenvalue weighted by Crippen LogP contribution is -2.22. The van der Waals surface area contributed by atoms with E-state index in [9.17, 15) is 43.2 Å². The number of nitrogens with zero attached hydrogens (tertiary/aromatic N) is 1. The monoisotopic (exact) mass is 476 g/mol. The molecule has 6 nitrogen and oxygen atoms in total. The Hall–Kier alpha value is -2.32. The molecule has 0 saturated heterocycles. The van der Waals surface area contributed by atoms with Gasteiger partial charge in [-0.15, -0.1) is 0 Å². The molecule has 0 aliphatic rings. The molecule has 30 heavy (non-hydrogen) atoms. The summed E-state index contributed by atoms with van der Waals surface area (Å²) in [6.45, 7) is 0. The van der Waals surface area contributed by atoms with Crippen molar-refractivity contribution in [2.75, 3.05) is 18.8 Å². The first-order chi connectivity index (χ1) is 13.4. The number of anilines is 1. The lowest BCUT2D eigenvalue weighted by molar-refractivity contribution is -0.143. The second kappa shape index (κ2) is 7.74. The summed E-state index contributed by atoms with van der Waals surface area (Å²) in [4.78, 5) is -1.63. The van der Waals surface area contributed by atoms with Crippen LogP contribution in [0.15, 0.2) is 52.3 Å². The highest BCUT2D eigenvalue weighted by atomic mass is 32.2. The highest BCUT2D eigenvalue weighted by Gasteiger charge is 2.38. The number of benzene rings is 2. The van der Waals surface area contributed by atoms with Gasteiger partial charge in [0.1, 0.15) is 0 Å². The fraction of sp³-hybridized carbons (Fsp3) is 0.250. The van der Waals surface area contributed by atoms with Crippen LogP contribution in [0.1, 0.15) is 11.1 Å². The number of halogens is 6. The second-order valence-corrected chi connectivity index (χ2v) is 10.00. The number of rotatable bonds is 5. The van der Waals surface area contributed by atoms with Crippen LogP contribution in [-0.4, -0.2) is 35.2 Å². The van der Waals surface area contributed by atoms with Crippen molar-refractivity contribution in [1.82, 2.24) is 4.31 Å². The Morgan fingerprint density at radius 3 is 1.70 bits per heavy atom. The van der Waals surface area contributed by atoms with Crippen molar-refractivity contribution in [2.24, 2.45) is 0 Å². The van der Waals surface area contributed by atoms with Gasteiger partial charge in [0.15, 0.2) is 0 Å². The molecule has 0 aromatic heterocycles. The minimum Gasteiger partial charge on any atom is -0.280 e. The number of hydrogen-bond donors (Lipinski definition) is 1. The van der Waals surface area contributed by atoms with E-state index in [0.29, 0.717) is 0 Å². The molecule has 2 aromatic carbocycles. The fourth-order valence-corrected chi connectivity index (χ4v) is 4.29. The van der Waals surface area contributed by atoms with Crippen molar-refractivity contribution in [3.8, 4) is 0 Å². The summed E-state index contributed by atoms with van der Waals surface area (Å²) in [5.41, 5.74) is -3.98. The maximum absolute atomic E-state index is 13.0. The molecule has 0 amide bonds. The molecule has 0 heterocycles. The second-order valence-electron chi connectivity index (χ2n) is 6.16. The molecule has 0 spiro atoms. The summed E-state index contributed by atoms with van der Waals surface area (Å²) >= 11 is 0. The number of sulfonamides is 2. The summed E-state index contributed by atoms with van der Waals surface area (Å²) in [6.07, 6.45) is -10.5. The molecule has 0 unspecified atom stereocenters.